The fourth-order valence-electron chi connectivity index (χ4n) is 2.26. The van der Waals surface area contributed by atoms with Crippen molar-refractivity contribution in [1.82, 2.24) is 5.32 Å². The molecule has 0 bridgehead atoms. The highest BCUT2D eigenvalue weighted by Gasteiger charge is 2.08. The van der Waals surface area contributed by atoms with Crippen LogP contribution in [-0.2, 0) is 11.3 Å². The van der Waals surface area contributed by atoms with Crippen LogP contribution < -0.4 is 11.1 Å². The number of hydrogen-bond acceptors (Lipinski definition) is 2. The van der Waals surface area contributed by atoms with Gasteiger partial charge in [0.15, 0.2) is 0 Å². The van der Waals surface area contributed by atoms with Gasteiger partial charge in [-0.3, -0.25) is 4.79 Å². The first-order valence-electron chi connectivity index (χ1n) is 7.28. The van der Waals surface area contributed by atoms with Gasteiger partial charge >= 0.3 is 0 Å². The predicted molar refractivity (Wildman–Crippen MR) is 85.6 cm³/mol. The number of amides is 1. The molecule has 0 heterocycles. The summed E-state index contributed by atoms with van der Waals surface area (Å²) < 4.78 is 0. The minimum absolute atomic E-state index is 0.0443. The second-order valence-electron chi connectivity index (χ2n) is 5.32. The Labute approximate surface area is 126 Å². The van der Waals surface area contributed by atoms with Crippen LogP contribution >= 0.6 is 0 Å². The summed E-state index contributed by atoms with van der Waals surface area (Å²) in [4.78, 5) is 11.9. The zero-order valence-electron chi connectivity index (χ0n) is 12.4. The molecule has 3 N–H and O–H groups in total. The third-order valence-electron chi connectivity index (χ3n) is 3.48. The SMILES string of the molecule is Cc1cccc(CNC(=O)CCC(N)c2ccccc2)c1. The fourth-order valence-corrected chi connectivity index (χ4v) is 2.26. The Morgan fingerprint density at radius 2 is 1.90 bits per heavy atom. The van der Waals surface area contributed by atoms with E-state index < -0.39 is 0 Å². The van der Waals surface area contributed by atoms with E-state index in [1.807, 2.05) is 55.5 Å². The van der Waals surface area contributed by atoms with Crippen LogP contribution in [-0.4, -0.2) is 5.91 Å². The van der Waals surface area contributed by atoms with Crippen LogP contribution in [0.5, 0.6) is 0 Å². The van der Waals surface area contributed by atoms with Crippen LogP contribution in [0.15, 0.2) is 54.6 Å². The van der Waals surface area contributed by atoms with Crippen molar-refractivity contribution < 1.29 is 4.79 Å². The van der Waals surface area contributed by atoms with E-state index >= 15 is 0 Å². The lowest BCUT2D eigenvalue weighted by atomic mass is 10.0. The Morgan fingerprint density at radius 3 is 2.62 bits per heavy atom. The Kier molecular flexibility index (Phi) is 5.52. The van der Waals surface area contributed by atoms with E-state index in [4.69, 9.17) is 5.73 Å². The number of benzene rings is 2. The van der Waals surface area contributed by atoms with Gasteiger partial charge in [-0.15, -0.1) is 0 Å². The van der Waals surface area contributed by atoms with Gasteiger partial charge in [0.1, 0.15) is 0 Å². The lowest BCUT2D eigenvalue weighted by molar-refractivity contribution is -0.121. The molecule has 0 saturated carbocycles. The van der Waals surface area contributed by atoms with Crippen molar-refractivity contribution >= 4 is 5.91 Å². The second kappa shape index (κ2) is 7.60. The normalized spacial score (nSPS) is 11.9. The number of nitrogens with two attached hydrogens (primary N) is 1. The number of nitrogens with one attached hydrogen (secondary N) is 1. The highest BCUT2D eigenvalue weighted by Crippen LogP contribution is 2.14. The molecule has 110 valence electrons. The summed E-state index contributed by atoms with van der Waals surface area (Å²) in [6.45, 7) is 2.62. The zero-order valence-corrected chi connectivity index (χ0v) is 12.4. The maximum atomic E-state index is 11.9. The standard InChI is InChI=1S/C18H22N2O/c1-14-6-5-7-15(12-14)13-20-18(21)11-10-17(19)16-8-3-2-4-9-16/h2-9,12,17H,10-11,13,19H2,1H3,(H,20,21). The molecule has 1 atom stereocenters. The summed E-state index contributed by atoms with van der Waals surface area (Å²) in [5.41, 5.74) is 9.49. The first-order chi connectivity index (χ1) is 10.1. The van der Waals surface area contributed by atoms with Crippen molar-refractivity contribution in [1.29, 1.82) is 0 Å². The van der Waals surface area contributed by atoms with Crippen molar-refractivity contribution in [3.63, 3.8) is 0 Å². The molecule has 1 unspecified atom stereocenters. The summed E-state index contributed by atoms with van der Waals surface area (Å²) >= 11 is 0. The Bertz CT molecular complexity index is 581. The van der Waals surface area contributed by atoms with Crippen LogP contribution in [0.2, 0.25) is 0 Å². The molecule has 2 rings (SSSR count). The maximum absolute atomic E-state index is 11.9. The number of hydrogen-bond donors (Lipinski definition) is 2. The molecule has 0 aromatic heterocycles. The van der Waals surface area contributed by atoms with Crippen LogP contribution in [0.4, 0.5) is 0 Å². The van der Waals surface area contributed by atoms with E-state index in [9.17, 15) is 4.79 Å². The molecule has 21 heavy (non-hydrogen) atoms. The van der Waals surface area contributed by atoms with E-state index in [-0.39, 0.29) is 11.9 Å². The first kappa shape index (κ1) is 15.3. The molecule has 2 aromatic rings. The van der Waals surface area contributed by atoms with Crippen LogP contribution in [0.3, 0.4) is 0 Å². The highest BCUT2D eigenvalue weighted by molar-refractivity contribution is 5.75. The van der Waals surface area contributed by atoms with Crippen molar-refractivity contribution in [3.8, 4) is 0 Å². The van der Waals surface area contributed by atoms with Crippen LogP contribution in [0.25, 0.3) is 0 Å². The molecule has 0 saturated heterocycles. The average molecular weight is 282 g/mol. The second-order valence-corrected chi connectivity index (χ2v) is 5.32. The molecule has 0 fully saturated rings. The maximum Gasteiger partial charge on any atom is 0.220 e. The summed E-state index contributed by atoms with van der Waals surface area (Å²) in [6, 6.07) is 17.9. The van der Waals surface area contributed by atoms with Gasteiger partial charge in [-0.05, 0) is 24.5 Å². The number of carbonyl (C=O) groups excluding carboxylic acids is 1. The van der Waals surface area contributed by atoms with Gasteiger partial charge in [0.05, 0.1) is 0 Å². The molecule has 0 aliphatic carbocycles. The number of rotatable bonds is 6. The van der Waals surface area contributed by atoms with Gasteiger partial charge in [-0.1, -0.05) is 60.2 Å². The number of carbonyl (C=O) groups is 1. The fraction of sp³-hybridized carbons (Fsp3) is 0.278. The smallest absolute Gasteiger partial charge is 0.220 e. The highest BCUT2D eigenvalue weighted by atomic mass is 16.1. The Balaban J connectivity index is 1.75. The summed E-state index contributed by atoms with van der Waals surface area (Å²) in [5, 5.41) is 2.94. The molecular formula is C18H22N2O. The van der Waals surface area contributed by atoms with Gasteiger partial charge < -0.3 is 11.1 Å². The minimum Gasteiger partial charge on any atom is -0.352 e. The van der Waals surface area contributed by atoms with E-state index in [1.54, 1.807) is 0 Å². The van der Waals surface area contributed by atoms with E-state index in [2.05, 4.69) is 11.4 Å². The molecule has 0 aliphatic heterocycles. The third kappa shape index (κ3) is 5.04. The summed E-state index contributed by atoms with van der Waals surface area (Å²) in [7, 11) is 0. The third-order valence-corrected chi connectivity index (χ3v) is 3.48. The molecule has 1 amide bonds. The van der Waals surface area contributed by atoms with Gasteiger partial charge in [0.25, 0.3) is 0 Å². The zero-order chi connectivity index (χ0) is 15.1. The molecule has 3 heteroatoms. The van der Waals surface area contributed by atoms with Gasteiger partial charge in [0.2, 0.25) is 5.91 Å². The molecule has 0 radical (unpaired) electrons. The van der Waals surface area contributed by atoms with E-state index in [0.717, 1.165) is 11.1 Å². The average Bonchev–Trinajstić information content (AvgIpc) is 2.51. The number of aryl methyl sites for hydroxylation is 1. The molecule has 3 nitrogen and oxygen atoms in total. The topological polar surface area (TPSA) is 55.1 Å². The van der Waals surface area contributed by atoms with Crippen molar-refractivity contribution in [2.45, 2.75) is 32.4 Å². The molecular weight excluding hydrogens is 260 g/mol. The lowest BCUT2D eigenvalue weighted by Gasteiger charge is -2.12. The predicted octanol–water partition coefficient (Wildman–Crippen LogP) is 3.09. The first-order valence-corrected chi connectivity index (χ1v) is 7.28. The molecule has 0 spiro atoms. The van der Waals surface area contributed by atoms with Gasteiger partial charge in [0, 0.05) is 19.0 Å². The monoisotopic (exact) mass is 282 g/mol. The Hall–Kier alpha value is -2.13. The Morgan fingerprint density at radius 1 is 1.14 bits per heavy atom. The van der Waals surface area contributed by atoms with Crippen molar-refractivity contribution in [3.05, 3.63) is 71.3 Å². The van der Waals surface area contributed by atoms with Crippen molar-refractivity contribution in [2.75, 3.05) is 0 Å². The van der Waals surface area contributed by atoms with Gasteiger partial charge in [-0.25, -0.2) is 0 Å². The van der Waals surface area contributed by atoms with Crippen LogP contribution in [0.1, 0.15) is 35.6 Å². The van der Waals surface area contributed by atoms with E-state index in [1.165, 1.54) is 5.56 Å². The van der Waals surface area contributed by atoms with Crippen molar-refractivity contribution in [2.24, 2.45) is 5.73 Å². The molecule has 2 aromatic carbocycles. The quantitative estimate of drug-likeness (QED) is 0.855. The van der Waals surface area contributed by atoms with Crippen LogP contribution in [0, 0.1) is 6.92 Å². The summed E-state index contributed by atoms with van der Waals surface area (Å²) in [6.07, 6.45) is 1.10. The molecule has 0 aliphatic rings. The van der Waals surface area contributed by atoms with Gasteiger partial charge in [-0.2, -0.15) is 0 Å². The lowest BCUT2D eigenvalue weighted by Crippen LogP contribution is -2.24. The van der Waals surface area contributed by atoms with E-state index in [0.29, 0.717) is 19.4 Å². The largest absolute Gasteiger partial charge is 0.352 e. The minimum atomic E-state index is -0.0871. The summed E-state index contributed by atoms with van der Waals surface area (Å²) in [5.74, 6) is 0.0443.